The Hall–Kier alpha value is -2.36. The molecule has 0 saturated carbocycles. The molecule has 4 rings (SSSR count). The molecular weight excluding hydrogens is 436 g/mol. The first-order valence-electron chi connectivity index (χ1n) is 9.77. The van der Waals surface area contributed by atoms with Crippen molar-refractivity contribution in [2.45, 2.75) is 32.4 Å². The number of hydrogen-bond donors (Lipinski definition) is 2. The van der Waals surface area contributed by atoms with E-state index in [2.05, 4.69) is 9.64 Å². The van der Waals surface area contributed by atoms with Gasteiger partial charge in [-0.2, -0.15) is 0 Å². The van der Waals surface area contributed by atoms with Crippen LogP contribution in [0.4, 0.5) is 5.69 Å². The summed E-state index contributed by atoms with van der Waals surface area (Å²) in [4.78, 5) is 32.1. The number of imidazole rings is 1. The Morgan fingerprint density at radius 1 is 1.55 bits per heavy atom. The monoisotopic (exact) mass is 457 g/mol. The summed E-state index contributed by atoms with van der Waals surface area (Å²) in [6.07, 6.45) is 3.67. The number of β-lactam (4-membered cyclic amide) rings is 1. The van der Waals surface area contributed by atoms with Crippen LogP contribution in [0.25, 0.3) is 5.65 Å². The molecule has 31 heavy (non-hydrogen) atoms. The summed E-state index contributed by atoms with van der Waals surface area (Å²) in [5.74, 6) is -0.910. The molecule has 1 saturated heterocycles. The molecule has 0 aromatic carbocycles. The molecule has 2 aliphatic rings. The first-order valence-corrected chi connectivity index (χ1v) is 11.5. The van der Waals surface area contributed by atoms with Crippen LogP contribution in [0.15, 0.2) is 39.8 Å². The lowest BCUT2D eigenvalue weighted by Crippen LogP contribution is -2.63. The molecule has 3 N–H and O–H groups in total. The number of nitrogens with two attached hydrogens (primary N) is 1. The highest BCUT2D eigenvalue weighted by molar-refractivity contribution is 8.03. The number of thioether (sulfide) groups is 1. The third-order valence-corrected chi connectivity index (χ3v) is 7.28. The number of pyridine rings is 1. The van der Waals surface area contributed by atoms with Gasteiger partial charge in [0.15, 0.2) is 5.65 Å². The van der Waals surface area contributed by atoms with Crippen molar-refractivity contribution in [2.24, 2.45) is 16.5 Å². The van der Waals surface area contributed by atoms with Crippen LogP contribution in [0.5, 0.6) is 0 Å². The van der Waals surface area contributed by atoms with E-state index < -0.39 is 18.0 Å². The summed E-state index contributed by atoms with van der Waals surface area (Å²) < 4.78 is 10.2. The highest BCUT2D eigenvalue weighted by Gasteiger charge is 2.60. The van der Waals surface area contributed by atoms with Crippen molar-refractivity contribution in [3.05, 3.63) is 40.8 Å². The van der Waals surface area contributed by atoms with Crippen molar-refractivity contribution >= 4 is 51.6 Å². The van der Waals surface area contributed by atoms with Gasteiger partial charge in [0.25, 0.3) is 7.98 Å². The van der Waals surface area contributed by atoms with Crippen LogP contribution in [0, 0.1) is 11.8 Å². The number of nitrogen functional groups attached to an aromatic ring is 1. The molecule has 0 aliphatic carbocycles. The number of nitrogens with zero attached hydrogens (tertiary/aromatic N) is 4. The Labute approximate surface area is 186 Å². The normalized spacial score (nSPS) is 24.0. The Bertz CT molecular complexity index is 1100. The molecule has 2 aliphatic heterocycles. The highest BCUT2D eigenvalue weighted by Crippen LogP contribution is 2.51. The average molecular weight is 457 g/mol. The number of anilines is 1. The number of aromatic nitrogens is 2. The predicted molar refractivity (Wildman–Crippen MR) is 119 cm³/mol. The molecule has 4 atom stereocenters. The summed E-state index contributed by atoms with van der Waals surface area (Å²) in [5, 5.41) is 10.0. The zero-order valence-electron chi connectivity index (χ0n) is 17.0. The summed E-state index contributed by atoms with van der Waals surface area (Å²) >= 11 is 1.49. The lowest BCUT2D eigenvalue weighted by molar-refractivity contribution is -0.162. The summed E-state index contributed by atoms with van der Waals surface area (Å²) in [7, 11) is 5.04. The predicted octanol–water partition coefficient (Wildman–Crippen LogP) is 1.93. The van der Waals surface area contributed by atoms with Gasteiger partial charge in [-0.25, -0.2) is 9.78 Å². The van der Waals surface area contributed by atoms with E-state index in [1.807, 2.05) is 29.8 Å². The van der Waals surface area contributed by atoms with Gasteiger partial charge < -0.3 is 29.3 Å². The minimum atomic E-state index is -0.793. The van der Waals surface area contributed by atoms with Crippen molar-refractivity contribution < 1.29 is 19.2 Å². The van der Waals surface area contributed by atoms with E-state index in [9.17, 15) is 14.7 Å². The highest BCUT2D eigenvalue weighted by atomic mass is 32.2. The van der Waals surface area contributed by atoms with E-state index in [-0.39, 0.29) is 32.2 Å². The maximum Gasteiger partial charge on any atom is 0.365 e. The van der Waals surface area contributed by atoms with Crippen molar-refractivity contribution in [3.63, 3.8) is 0 Å². The van der Waals surface area contributed by atoms with Crippen LogP contribution in [0.3, 0.4) is 0 Å². The van der Waals surface area contributed by atoms with Crippen LogP contribution in [0.1, 0.15) is 19.5 Å². The largest absolute Gasteiger partial charge is 0.396 e. The second-order valence-corrected chi connectivity index (χ2v) is 9.28. The number of aryl methyl sites for hydroxylation is 1. The topological polar surface area (TPSA) is 123 Å². The zero-order valence-corrected chi connectivity index (χ0v) is 18.7. The fourth-order valence-corrected chi connectivity index (χ4v) is 5.74. The number of aliphatic hydroxyl groups is 1. The van der Waals surface area contributed by atoms with Crippen LogP contribution < -0.4 is 5.73 Å². The van der Waals surface area contributed by atoms with Gasteiger partial charge in [-0.1, -0.05) is 6.92 Å². The maximum absolute atomic E-state index is 12.7. The van der Waals surface area contributed by atoms with Crippen LogP contribution in [-0.2, 0) is 20.5 Å². The van der Waals surface area contributed by atoms with Crippen LogP contribution in [-0.4, -0.2) is 57.1 Å². The van der Waals surface area contributed by atoms with Gasteiger partial charge in [0.2, 0.25) is 14.5 Å². The first-order chi connectivity index (χ1) is 14.8. The second kappa shape index (κ2) is 8.65. The Kier molecular flexibility index (Phi) is 6.10. The minimum Gasteiger partial charge on any atom is -0.396 e. The average Bonchev–Trinajstić information content (AvgIpc) is 3.24. The lowest BCUT2D eigenvalue weighted by Gasteiger charge is -2.46. The fourth-order valence-electron chi connectivity index (χ4n) is 4.28. The molecule has 2 aromatic rings. The van der Waals surface area contributed by atoms with Gasteiger partial charge in [-0.05, 0) is 19.1 Å². The summed E-state index contributed by atoms with van der Waals surface area (Å²) in [6, 6.07) is 3.40. The number of hydrogen-bond acceptors (Lipinski definition) is 8. The molecule has 1 fully saturated rings. The van der Waals surface area contributed by atoms with Gasteiger partial charge in [-0.15, -0.1) is 11.8 Å². The number of carbonyl (C=O) groups excluding carboxylic acids is 2. The molecule has 9 nitrogen and oxygen atoms in total. The van der Waals surface area contributed by atoms with Gasteiger partial charge >= 0.3 is 5.97 Å². The summed E-state index contributed by atoms with van der Waals surface area (Å²) in [6.45, 7) is 3.55. The molecule has 3 unspecified atom stereocenters. The molecule has 0 bridgehead atoms. The summed E-state index contributed by atoms with van der Waals surface area (Å²) in [5.41, 5.74) is 8.39. The standard InChI is InChI=1S/C19H21BN5O4PS/c1-9-14-13(10(2)26)18(27)25(14)15(19(28)29-30-23-20)16(9)31-7-5-11-8-24-6-3-4-12(21)17(24)22-11/h3-4,6,8-10,13-14,26H,5,7,21H2,1-2H3/t9-,10?,13?,14?/m1/s1. The molecule has 160 valence electrons. The van der Waals surface area contributed by atoms with Gasteiger partial charge in [0, 0.05) is 35.4 Å². The Morgan fingerprint density at radius 2 is 2.32 bits per heavy atom. The van der Waals surface area contributed by atoms with Crippen LogP contribution in [0.2, 0.25) is 0 Å². The number of aliphatic hydroxyl groups excluding tert-OH is 1. The van der Waals surface area contributed by atoms with Crippen molar-refractivity contribution in [2.75, 3.05) is 11.5 Å². The van der Waals surface area contributed by atoms with Crippen molar-refractivity contribution in [3.8, 4) is 0 Å². The first kappa shape index (κ1) is 21.9. The maximum atomic E-state index is 12.7. The van der Waals surface area contributed by atoms with Gasteiger partial charge in [0.1, 0.15) is 5.70 Å². The Morgan fingerprint density at radius 3 is 3.00 bits per heavy atom. The fraction of sp³-hybridized carbons (Fsp3) is 0.421. The van der Waals surface area contributed by atoms with E-state index in [0.717, 1.165) is 10.6 Å². The van der Waals surface area contributed by atoms with E-state index in [4.69, 9.17) is 18.2 Å². The zero-order chi connectivity index (χ0) is 22.3. The third kappa shape index (κ3) is 3.75. The van der Waals surface area contributed by atoms with Crippen LogP contribution >= 0.6 is 20.4 Å². The number of carbonyl (C=O) groups is 2. The molecule has 0 spiro atoms. The minimum absolute atomic E-state index is 0.0371. The molecule has 12 heteroatoms. The van der Waals surface area contributed by atoms with Crippen molar-refractivity contribution in [1.82, 2.24) is 14.3 Å². The van der Waals surface area contributed by atoms with E-state index in [0.29, 0.717) is 23.5 Å². The Balaban J connectivity index is 1.54. The quantitative estimate of drug-likeness (QED) is 0.370. The van der Waals surface area contributed by atoms with Crippen molar-refractivity contribution in [1.29, 1.82) is 0 Å². The van der Waals surface area contributed by atoms with Gasteiger partial charge in [-0.3, -0.25) is 4.79 Å². The molecular formula is C19H21BN5O4PS. The molecule has 4 heterocycles. The number of rotatable bonds is 7. The SMILES string of the molecule is [B]N=POC(=O)C1=C(SCCc2cn3cccc(N)c3n2)[C@H](C)C2C(C(C)O)C(=O)N12. The van der Waals surface area contributed by atoms with E-state index in [1.54, 1.807) is 13.0 Å². The smallest absolute Gasteiger partial charge is 0.365 e. The van der Waals surface area contributed by atoms with E-state index >= 15 is 0 Å². The molecule has 1 amide bonds. The van der Waals surface area contributed by atoms with Gasteiger partial charge in [0.05, 0.1) is 29.4 Å². The lowest BCUT2D eigenvalue weighted by atomic mass is 9.79. The second-order valence-electron chi connectivity index (χ2n) is 7.57. The molecule has 2 radical (unpaired) electrons. The molecule has 2 aromatic heterocycles. The third-order valence-electron chi connectivity index (χ3n) is 5.65. The van der Waals surface area contributed by atoms with E-state index in [1.165, 1.54) is 16.7 Å². The number of amides is 1. The number of fused-ring (bicyclic) bond motifs is 2.